The van der Waals surface area contributed by atoms with Crippen LogP contribution >= 0.6 is 0 Å². The van der Waals surface area contributed by atoms with Crippen LogP contribution in [0.2, 0.25) is 0 Å². The number of hydrogen-bond donors (Lipinski definition) is 2. The third-order valence-electron chi connectivity index (χ3n) is 2.17. The Hall–Kier alpha value is -0.730. The molecule has 0 amide bonds. The van der Waals surface area contributed by atoms with Gasteiger partial charge in [-0.3, -0.25) is 0 Å². The Morgan fingerprint density at radius 1 is 1.33 bits per heavy atom. The molecule has 0 saturated heterocycles. The molecule has 0 heterocycles. The Morgan fingerprint density at radius 3 is 2.08 bits per heavy atom. The van der Waals surface area contributed by atoms with Crippen molar-refractivity contribution < 1.29 is 15.0 Å². The maximum atomic E-state index is 8.56. The summed E-state index contributed by atoms with van der Waals surface area (Å²) in [5, 5.41) is 13.9. The van der Waals surface area contributed by atoms with Crippen LogP contribution in [0.5, 0.6) is 0 Å². The highest BCUT2D eigenvalue weighted by molar-refractivity contribution is 5.53. The van der Waals surface area contributed by atoms with E-state index in [1.807, 2.05) is 0 Å². The van der Waals surface area contributed by atoms with Gasteiger partial charge in [-0.1, -0.05) is 45.4 Å². The van der Waals surface area contributed by atoms with Crippen molar-refractivity contribution in [2.45, 2.75) is 45.4 Å². The maximum absolute atomic E-state index is 8.56. The monoisotopic (exact) mass is 174 g/mol. The fraction of sp³-hybridized carbons (Fsp3) is 0.889. The molecule has 0 spiro atoms. The van der Waals surface area contributed by atoms with Crippen LogP contribution in [-0.4, -0.2) is 16.4 Å². The molecule has 1 rings (SSSR count). The maximum Gasteiger partial charge on any atom is 0.503 e. The number of carbonyl (C=O) groups is 1. The second-order valence-corrected chi connectivity index (χ2v) is 3.22. The molecule has 0 aliphatic heterocycles. The lowest BCUT2D eigenvalue weighted by Crippen LogP contribution is -1.89. The Morgan fingerprint density at radius 2 is 1.75 bits per heavy atom. The van der Waals surface area contributed by atoms with Gasteiger partial charge in [0.05, 0.1) is 0 Å². The second kappa shape index (κ2) is 6.95. The minimum absolute atomic E-state index is 1.11. The first-order valence-electron chi connectivity index (χ1n) is 4.58. The van der Waals surface area contributed by atoms with Gasteiger partial charge < -0.3 is 10.2 Å². The van der Waals surface area contributed by atoms with Crippen LogP contribution in [0.1, 0.15) is 45.4 Å². The number of carboxylic acid groups (broad SMARTS) is 2. The molecule has 0 aromatic carbocycles. The van der Waals surface area contributed by atoms with Crippen LogP contribution in [0.3, 0.4) is 0 Å². The van der Waals surface area contributed by atoms with E-state index in [0.717, 1.165) is 5.92 Å². The Balaban J connectivity index is 0.000000261. The van der Waals surface area contributed by atoms with Crippen molar-refractivity contribution in [3.05, 3.63) is 0 Å². The number of hydrogen-bond acceptors (Lipinski definition) is 1. The van der Waals surface area contributed by atoms with E-state index in [4.69, 9.17) is 15.0 Å². The lowest BCUT2D eigenvalue weighted by atomic mass is 10.0. The first-order valence-corrected chi connectivity index (χ1v) is 4.58. The summed E-state index contributed by atoms with van der Waals surface area (Å²) in [4.78, 5) is 8.56. The summed E-state index contributed by atoms with van der Waals surface area (Å²) < 4.78 is 0. The van der Waals surface area contributed by atoms with E-state index in [-0.39, 0.29) is 0 Å². The minimum Gasteiger partial charge on any atom is -0.450 e. The van der Waals surface area contributed by atoms with Gasteiger partial charge >= 0.3 is 6.16 Å². The predicted molar refractivity (Wildman–Crippen MR) is 47.5 cm³/mol. The van der Waals surface area contributed by atoms with Crippen molar-refractivity contribution in [2.24, 2.45) is 5.92 Å². The van der Waals surface area contributed by atoms with Crippen molar-refractivity contribution in [1.82, 2.24) is 0 Å². The van der Waals surface area contributed by atoms with Crippen molar-refractivity contribution in [3.63, 3.8) is 0 Å². The first-order chi connectivity index (χ1) is 5.66. The van der Waals surface area contributed by atoms with Gasteiger partial charge in [-0.2, -0.15) is 0 Å². The molecular formula is C9H18O3. The molecule has 72 valence electrons. The highest BCUT2D eigenvalue weighted by atomic mass is 16.6. The van der Waals surface area contributed by atoms with Gasteiger partial charge in [-0.15, -0.1) is 0 Å². The van der Waals surface area contributed by atoms with Crippen LogP contribution in [0.15, 0.2) is 0 Å². The zero-order valence-electron chi connectivity index (χ0n) is 7.62. The van der Waals surface area contributed by atoms with Crippen LogP contribution in [-0.2, 0) is 0 Å². The van der Waals surface area contributed by atoms with E-state index < -0.39 is 6.16 Å². The molecule has 0 atom stereocenters. The highest BCUT2D eigenvalue weighted by Gasteiger charge is 2.12. The zero-order valence-corrected chi connectivity index (χ0v) is 7.62. The highest BCUT2D eigenvalue weighted by Crippen LogP contribution is 2.27. The summed E-state index contributed by atoms with van der Waals surface area (Å²) in [5.41, 5.74) is 0. The molecule has 0 bridgehead atoms. The van der Waals surface area contributed by atoms with Crippen molar-refractivity contribution >= 4 is 6.16 Å². The van der Waals surface area contributed by atoms with Crippen molar-refractivity contribution in [3.8, 4) is 0 Å². The van der Waals surface area contributed by atoms with E-state index in [0.29, 0.717) is 0 Å². The van der Waals surface area contributed by atoms with E-state index in [1.54, 1.807) is 0 Å². The average Bonchev–Trinajstić information content (AvgIpc) is 2.39. The smallest absolute Gasteiger partial charge is 0.450 e. The van der Waals surface area contributed by atoms with Gasteiger partial charge in [0.1, 0.15) is 0 Å². The molecule has 3 nitrogen and oxygen atoms in total. The summed E-state index contributed by atoms with van der Waals surface area (Å²) in [5.74, 6) is 1.11. The predicted octanol–water partition coefficient (Wildman–Crippen LogP) is 3.20. The van der Waals surface area contributed by atoms with Gasteiger partial charge in [0.15, 0.2) is 0 Å². The summed E-state index contributed by atoms with van der Waals surface area (Å²) in [6.45, 7) is 2.29. The molecule has 1 fully saturated rings. The van der Waals surface area contributed by atoms with Crippen molar-refractivity contribution in [1.29, 1.82) is 0 Å². The molecule has 12 heavy (non-hydrogen) atoms. The summed E-state index contributed by atoms with van der Waals surface area (Å²) >= 11 is 0. The second-order valence-electron chi connectivity index (χ2n) is 3.22. The molecule has 0 aromatic heterocycles. The SMILES string of the molecule is CCCC1CCCC1.O=C(O)O. The van der Waals surface area contributed by atoms with E-state index >= 15 is 0 Å². The lowest BCUT2D eigenvalue weighted by Gasteiger charge is -2.03. The molecule has 0 radical (unpaired) electrons. The van der Waals surface area contributed by atoms with Crippen LogP contribution in [0, 0.1) is 5.92 Å². The Bertz CT molecular complexity index is 113. The van der Waals surface area contributed by atoms with Gasteiger partial charge in [0, 0.05) is 0 Å². The quantitative estimate of drug-likeness (QED) is 0.675. The average molecular weight is 174 g/mol. The summed E-state index contributed by atoms with van der Waals surface area (Å²) in [7, 11) is 0. The molecule has 0 aromatic rings. The molecule has 1 aliphatic rings. The third kappa shape index (κ3) is 7.38. The summed E-state index contributed by atoms with van der Waals surface area (Å²) in [6, 6.07) is 0. The zero-order chi connectivity index (χ0) is 9.40. The third-order valence-corrected chi connectivity index (χ3v) is 2.17. The van der Waals surface area contributed by atoms with E-state index in [2.05, 4.69) is 6.92 Å². The molecule has 1 saturated carbocycles. The van der Waals surface area contributed by atoms with Gasteiger partial charge in [0.25, 0.3) is 0 Å². The topological polar surface area (TPSA) is 57.5 Å². The fourth-order valence-corrected chi connectivity index (χ4v) is 1.71. The minimum atomic E-state index is -1.83. The first kappa shape index (κ1) is 11.3. The lowest BCUT2D eigenvalue weighted by molar-refractivity contribution is 0.137. The molecule has 0 unspecified atom stereocenters. The van der Waals surface area contributed by atoms with E-state index in [1.165, 1.54) is 38.5 Å². The van der Waals surface area contributed by atoms with E-state index in [9.17, 15) is 0 Å². The van der Waals surface area contributed by atoms with Crippen molar-refractivity contribution in [2.75, 3.05) is 0 Å². The molecule has 2 N–H and O–H groups in total. The van der Waals surface area contributed by atoms with Gasteiger partial charge in [0.2, 0.25) is 0 Å². The largest absolute Gasteiger partial charge is 0.503 e. The Labute approximate surface area is 73.4 Å². The van der Waals surface area contributed by atoms with Gasteiger partial charge in [-0.25, -0.2) is 4.79 Å². The van der Waals surface area contributed by atoms with Crippen LogP contribution in [0.4, 0.5) is 4.79 Å². The standard InChI is InChI=1S/C8H16.CH2O3/c1-2-5-8-6-3-4-7-8;2-1(3)4/h8H,2-7H2,1H3;(H2,2,3,4). The number of rotatable bonds is 2. The van der Waals surface area contributed by atoms with Crippen LogP contribution in [0.25, 0.3) is 0 Å². The van der Waals surface area contributed by atoms with Crippen LogP contribution < -0.4 is 0 Å². The normalized spacial score (nSPS) is 16.8. The fourth-order valence-electron chi connectivity index (χ4n) is 1.71. The Kier molecular flexibility index (Phi) is 6.53. The van der Waals surface area contributed by atoms with Gasteiger partial charge in [-0.05, 0) is 5.92 Å². The summed E-state index contributed by atoms with van der Waals surface area (Å²) in [6.07, 6.45) is 7.10. The molecule has 3 heteroatoms. The molecule has 1 aliphatic carbocycles. The molecular weight excluding hydrogens is 156 g/mol.